The van der Waals surface area contributed by atoms with Gasteiger partial charge in [-0.25, -0.2) is 0 Å². The largest absolute Gasteiger partial charge is 0.507 e. The maximum atomic E-state index is 11.9. The fraction of sp³-hybridized carbons (Fsp3) is 0.214. The number of rotatable bonds is 4. The first-order valence-electron chi connectivity index (χ1n) is 5.86. The van der Waals surface area contributed by atoms with Crippen molar-refractivity contribution in [3.05, 3.63) is 51.7 Å². The Hall–Kier alpha value is -1.85. The normalized spacial score (nSPS) is 12.1. The van der Waals surface area contributed by atoms with Gasteiger partial charge in [-0.2, -0.15) is 11.3 Å². The minimum Gasteiger partial charge on any atom is -0.507 e. The Bertz CT molecular complexity index is 566. The molecule has 2 rings (SSSR count). The fourth-order valence-corrected chi connectivity index (χ4v) is 2.42. The van der Waals surface area contributed by atoms with Crippen LogP contribution in [0.25, 0.3) is 0 Å². The van der Waals surface area contributed by atoms with Gasteiger partial charge in [0.05, 0.1) is 11.7 Å². The summed E-state index contributed by atoms with van der Waals surface area (Å²) in [5, 5.41) is 26.0. The molecule has 0 aliphatic rings. The maximum Gasteiger partial charge on any atom is 0.255 e. The smallest absolute Gasteiger partial charge is 0.255 e. The minimum atomic E-state index is -0.734. The number of hydrogen-bond donors (Lipinski definition) is 3. The third-order valence-corrected chi connectivity index (χ3v) is 3.57. The van der Waals surface area contributed by atoms with Gasteiger partial charge in [0.25, 0.3) is 5.91 Å². The molecule has 0 aliphatic carbocycles. The summed E-state index contributed by atoms with van der Waals surface area (Å²) in [4.78, 5) is 11.9. The molecule has 1 atom stereocenters. The number of nitrogens with one attached hydrogen (secondary N) is 1. The lowest BCUT2D eigenvalue weighted by Gasteiger charge is -2.12. The molecule has 19 heavy (non-hydrogen) atoms. The molecule has 3 N–H and O–H groups in total. The molecule has 0 aliphatic heterocycles. The number of benzene rings is 1. The van der Waals surface area contributed by atoms with Gasteiger partial charge < -0.3 is 15.5 Å². The van der Waals surface area contributed by atoms with Gasteiger partial charge in [-0.1, -0.05) is 12.1 Å². The number of aryl methyl sites for hydroxylation is 1. The standard InChI is InChI=1S/C14H15NO3S/c1-9-3-2-4-11(13(9)17)14(18)15-7-12(16)10-5-6-19-8-10/h2-6,8,12,16-17H,7H2,1H3,(H,15,18). The highest BCUT2D eigenvalue weighted by Crippen LogP contribution is 2.21. The van der Waals surface area contributed by atoms with Crippen molar-refractivity contribution in [2.24, 2.45) is 0 Å². The second-order valence-corrected chi connectivity index (χ2v) is 5.03. The van der Waals surface area contributed by atoms with Crippen molar-refractivity contribution in [1.29, 1.82) is 0 Å². The molecule has 0 fully saturated rings. The molecule has 0 saturated carbocycles. The lowest BCUT2D eigenvalue weighted by Crippen LogP contribution is -2.28. The summed E-state index contributed by atoms with van der Waals surface area (Å²) in [7, 11) is 0. The fourth-order valence-electron chi connectivity index (χ4n) is 1.71. The van der Waals surface area contributed by atoms with E-state index in [9.17, 15) is 15.0 Å². The van der Waals surface area contributed by atoms with Crippen molar-refractivity contribution in [2.45, 2.75) is 13.0 Å². The van der Waals surface area contributed by atoms with Crippen molar-refractivity contribution >= 4 is 17.2 Å². The molecule has 0 radical (unpaired) electrons. The molecule has 0 saturated heterocycles. The average molecular weight is 277 g/mol. The molecule has 0 spiro atoms. The summed E-state index contributed by atoms with van der Waals surface area (Å²) < 4.78 is 0. The van der Waals surface area contributed by atoms with Crippen LogP contribution >= 0.6 is 11.3 Å². The van der Waals surface area contributed by atoms with E-state index in [1.54, 1.807) is 25.1 Å². The number of phenolic OH excluding ortho intramolecular Hbond substituents is 1. The number of carbonyl (C=O) groups excluding carboxylic acids is 1. The van der Waals surface area contributed by atoms with E-state index in [1.807, 2.05) is 16.8 Å². The molecular weight excluding hydrogens is 262 g/mol. The van der Waals surface area contributed by atoms with Crippen LogP contribution in [-0.2, 0) is 0 Å². The molecule has 4 nitrogen and oxygen atoms in total. The number of aliphatic hydroxyl groups is 1. The summed E-state index contributed by atoms with van der Waals surface area (Å²) in [6.45, 7) is 1.84. The van der Waals surface area contributed by atoms with Gasteiger partial charge in [-0.15, -0.1) is 0 Å². The van der Waals surface area contributed by atoms with E-state index in [1.165, 1.54) is 11.3 Å². The van der Waals surface area contributed by atoms with Crippen LogP contribution in [0.3, 0.4) is 0 Å². The topological polar surface area (TPSA) is 69.6 Å². The molecular formula is C14H15NO3S. The summed E-state index contributed by atoms with van der Waals surface area (Å²) in [6, 6.07) is 6.80. The first kappa shape index (κ1) is 13.6. The zero-order valence-corrected chi connectivity index (χ0v) is 11.3. The molecule has 1 heterocycles. The van der Waals surface area contributed by atoms with Crippen LogP contribution in [0.2, 0.25) is 0 Å². The molecule has 2 aromatic rings. The van der Waals surface area contributed by atoms with E-state index < -0.39 is 12.0 Å². The third kappa shape index (κ3) is 3.13. The lowest BCUT2D eigenvalue weighted by molar-refractivity contribution is 0.0913. The zero-order valence-electron chi connectivity index (χ0n) is 10.5. The second-order valence-electron chi connectivity index (χ2n) is 4.25. The van der Waals surface area contributed by atoms with Gasteiger partial charge in [-0.3, -0.25) is 4.79 Å². The van der Waals surface area contributed by atoms with Crippen LogP contribution in [-0.4, -0.2) is 22.7 Å². The Balaban J connectivity index is 2.00. The number of aliphatic hydroxyl groups excluding tert-OH is 1. The maximum absolute atomic E-state index is 11.9. The summed E-state index contributed by atoms with van der Waals surface area (Å²) in [5.74, 6) is -0.416. The molecule has 1 unspecified atom stereocenters. The van der Waals surface area contributed by atoms with Crippen LogP contribution in [0.15, 0.2) is 35.0 Å². The Kier molecular flexibility index (Phi) is 4.19. The summed E-state index contributed by atoms with van der Waals surface area (Å²) in [5.41, 5.74) is 1.64. The first-order valence-corrected chi connectivity index (χ1v) is 6.81. The van der Waals surface area contributed by atoms with Crippen molar-refractivity contribution < 1.29 is 15.0 Å². The Morgan fingerprint density at radius 3 is 2.89 bits per heavy atom. The van der Waals surface area contributed by atoms with Crippen LogP contribution in [0.1, 0.15) is 27.6 Å². The Morgan fingerprint density at radius 2 is 2.21 bits per heavy atom. The van der Waals surface area contributed by atoms with E-state index in [2.05, 4.69) is 5.32 Å². The number of hydrogen-bond acceptors (Lipinski definition) is 4. The second kappa shape index (κ2) is 5.86. The molecule has 1 aromatic heterocycles. The highest BCUT2D eigenvalue weighted by molar-refractivity contribution is 7.07. The van der Waals surface area contributed by atoms with Crippen LogP contribution < -0.4 is 5.32 Å². The van der Waals surface area contributed by atoms with Gasteiger partial charge in [0.2, 0.25) is 0 Å². The highest BCUT2D eigenvalue weighted by atomic mass is 32.1. The van der Waals surface area contributed by atoms with E-state index in [4.69, 9.17) is 0 Å². The van der Waals surface area contributed by atoms with Crippen molar-refractivity contribution in [3.8, 4) is 5.75 Å². The van der Waals surface area contributed by atoms with E-state index in [0.29, 0.717) is 5.56 Å². The van der Waals surface area contributed by atoms with Gasteiger partial charge in [0.1, 0.15) is 5.75 Å². The van der Waals surface area contributed by atoms with E-state index >= 15 is 0 Å². The number of para-hydroxylation sites is 1. The van der Waals surface area contributed by atoms with Crippen molar-refractivity contribution in [1.82, 2.24) is 5.32 Å². The Morgan fingerprint density at radius 1 is 1.42 bits per heavy atom. The lowest BCUT2D eigenvalue weighted by atomic mass is 10.1. The number of carbonyl (C=O) groups is 1. The molecule has 1 amide bonds. The molecule has 1 aromatic carbocycles. The zero-order chi connectivity index (χ0) is 13.8. The monoisotopic (exact) mass is 277 g/mol. The first-order chi connectivity index (χ1) is 9.09. The van der Waals surface area contributed by atoms with Gasteiger partial charge >= 0.3 is 0 Å². The van der Waals surface area contributed by atoms with E-state index in [0.717, 1.165) is 5.56 Å². The Labute approximate surface area is 115 Å². The summed E-state index contributed by atoms with van der Waals surface area (Å²) >= 11 is 1.49. The molecule has 0 bridgehead atoms. The average Bonchev–Trinajstić information content (AvgIpc) is 2.93. The highest BCUT2D eigenvalue weighted by Gasteiger charge is 2.14. The predicted octanol–water partition coefficient (Wildman–Crippen LogP) is 2.23. The molecule has 100 valence electrons. The van der Waals surface area contributed by atoms with Gasteiger partial charge in [-0.05, 0) is 40.9 Å². The van der Waals surface area contributed by atoms with E-state index in [-0.39, 0.29) is 17.9 Å². The minimum absolute atomic E-state index is 0.0231. The number of amides is 1. The van der Waals surface area contributed by atoms with Gasteiger partial charge in [0, 0.05) is 6.54 Å². The van der Waals surface area contributed by atoms with Crippen LogP contribution in [0.5, 0.6) is 5.75 Å². The summed E-state index contributed by atoms with van der Waals surface area (Å²) in [6.07, 6.45) is -0.734. The third-order valence-electron chi connectivity index (χ3n) is 2.87. The SMILES string of the molecule is Cc1cccc(C(=O)NCC(O)c2ccsc2)c1O. The number of thiophene rings is 1. The number of phenols is 1. The van der Waals surface area contributed by atoms with Crippen LogP contribution in [0.4, 0.5) is 0 Å². The van der Waals surface area contributed by atoms with Crippen LogP contribution in [0, 0.1) is 6.92 Å². The van der Waals surface area contributed by atoms with Crippen molar-refractivity contribution in [3.63, 3.8) is 0 Å². The predicted molar refractivity (Wildman–Crippen MR) is 74.5 cm³/mol. The van der Waals surface area contributed by atoms with Gasteiger partial charge in [0.15, 0.2) is 0 Å². The molecule has 5 heteroatoms. The quantitative estimate of drug-likeness (QED) is 0.802. The van der Waals surface area contributed by atoms with Crippen molar-refractivity contribution in [2.75, 3.05) is 6.54 Å². The number of aromatic hydroxyl groups is 1.